The number of amides is 6. The van der Waals surface area contributed by atoms with Crippen LogP contribution in [-0.2, 0) is 61.7 Å². The maximum Gasteiger partial charge on any atom is 0.276 e. The number of nitrogens with zero attached hydrogens (tertiary/aromatic N) is 3. The molecule has 6 amide bonds. The van der Waals surface area contributed by atoms with Gasteiger partial charge in [-0.05, 0) is 125 Å². The summed E-state index contributed by atoms with van der Waals surface area (Å²) in [6, 6.07) is 25.3. The lowest BCUT2D eigenvalue weighted by molar-refractivity contribution is -0.124. The molecule has 3 heterocycles. The number of ether oxygens (including phenoxy) is 3. The van der Waals surface area contributed by atoms with Gasteiger partial charge in [-0.25, -0.2) is 0 Å². The third-order valence-corrected chi connectivity index (χ3v) is 14.8. The van der Waals surface area contributed by atoms with E-state index in [0.29, 0.717) is 61.8 Å². The predicted octanol–water partition coefficient (Wildman–Crippen LogP) is 8.96. The van der Waals surface area contributed by atoms with Gasteiger partial charge >= 0.3 is 0 Å². The van der Waals surface area contributed by atoms with Crippen molar-refractivity contribution in [3.63, 3.8) is 0 Å². The van der Waals surface area contributed by atoms with E-state index in [2.05, 4.69) is 131 Å². The topological polar surface area (TPSA) is 261 Å². The average Bonchev–Trinajstić information content (AvgIpc) is 1.03. The largest absolute Gasteiger partial charge is 0.507 e. The maximum absolute atomic E-state index is 13.9. The fourth-order valence-corrected chi connectivity index (χ4v) is 9.82. The Morgan fingerprint density at radius 2 is 0.563 bits per heavy atom. The number of hydrogen-bond acceptors (Lipinski definition) is 13. The van der Waals surface area contributed by atoms with Crippen molar-refractivity contribution >= 4 is 35.4 Å². The number of hydrogen-bond donors (Lipinski definition) is 7. The second kappa shape index (κ2) is 26.3. The normalized spacial score (nSPS) is 12.4. The Kier molecular flexibility index (Phi) is 19.2. The number of aromatic nitrogens is 3. The number of pyridine rings is 3. The summed E-state index contributed by atoms with van der Waals surface area (Å²) in [7, 11) is 0. The lowest BCUT2D eigenvalue weighted by Gasteiger charge is -2.29. The first kappa shape index (κ1) is 63.4. The highest BCUT2D eigenvalue weighted by atomic mass is 16.5. The Morgan fingerprint density at radius 3 is 0.782 bits per heavy atom. The first-order valence-electron chi connectivity index (χ1n) is 28.7. The minimum absolute atomic E-state index is 0.0246. The van der Waals surface area contributed by atoms with Gasteiger partial charge in [-0.2, -0.15) is 0 Å². The summed E-state index contributed by atoms with van der Waals surface area (Å²) < 4.78 is 20.2. The van der Waals surface area contributed by atoms with Crippen LogP contribution in [-0.4, -0.2) is 75.3 Å². The van der Waals surface area contributed by atoms with Crippen molar-refractivity contribution in [1.29, 1.82) is 0 Å². The van der Waals surface area contributed by atoms with Crippen LogP contribution in [0, 0.1) is 0 Å². The fourth-order valence-electron chi connectivity index (χ4n) is 9.82. The van der Waals surface area contributed by atoms with Crippen molar-refractivity contribution < 1.29 is 48.1 Å². The molecule has 0 aliphatic heterocycles. The van der Waals surface area contributed by atoms with Gasteiger partial charge in [0.05, 0.1) is 0 Å². The smallest absolute Gasteiger partial charge is 0.276 e. The molecule has 8 bridgehead atoms. The molecule has 0 unspecified atom stereocenters. The molecule has 0 saturated heterocycles. The van der Waals surface area contributed by atoms with Gasteiger partial charge in [0.2, 0.25) is 0 Å². The van der Waals surface area contributed by atoms with Crippen LogP contribution in [0.4, 0.5) is 0 Å². The van der Waals surface area contributed by atoms with Crippen LogP contribution in [0.5, 0.6) is 23.0 Å². The Balaban J connectivity index is 1.33. The number of hydrazine groups is 3. The van der Waals surface area contributed by atoms with Crippen molar-refractivity contribution in [2.45, 2.75) is 130 Å². The van der Waals surface area contributed by atoms with Gasteiger partial charge in [0.1, 0.15) is 23.0 Å². The molecule has 0 atom stereocenters. The second-order valence-corrected chi connectivity index (χ2v) is 25.8. The van der Waals surface area contributed by atoms with Crippen molar-refractivity contribution in [1.82, 2.24) is 47.5 Å². The van der Waals surface area contributed by atoms with Crippen molar-refractivity contribution in [3.05, 3.63) is 206 Å². The zero-order valence-electron chi connectivity index (χ0n) is 51.5. The Labute approximate surface area is 507 Å². The number of fused-ring (bicyclic) bond motifs is 8. The molecule has 19 nitrogen and oxygen atoms in total. The molecule has 7 aromatic rings. The van der Waals surface area contributed by atoms with Crippen molar-refractivity contribution in [2.24, 2.45) is 0 Å². The number of carbonyl (C=O) groups excluding carboxylic acids is 6. The quantitative estimate of drug-likeness (QED) is 0.0564. The predicted molar refractivity (Wildman–Crippen MR) is 329 cm³/mol. The zero-order valence-corrected chi connectivity index (χ0v) is 51.5. The monoisotopic (exact) mass is 1180 g/mol. The van der Waals surface area contributed by atoms with E-state index in [1.54, 1.807) is 0 Å². The van der Waals surface area contributed by atoms with Gasteiger partial charge in [0.25, 0.3) is 35.4 Å². The highest BCUT2D eigenvalue weighted by molar-refractivity contribution is 5.96. The summed E-state index contributed by atoms with van der Waals surface area (Å²) in [5, 5.41) is 12.8. The molecule has 7 N–H and O–H groups in total. The van der Waals surface area contributed by atoms with Gasteiger partial charge in [0, 0.05) is 79.6 Å². The van der Waals surface area contributed by atoms with Crippen LogP contribution < -0.4 is 46.8 Å². The van der Waals surface area contributed by atoms with Crippen molar-refractivity contribution in [3.8, 4) is 23.0 Å². The first-order chi connectivity index (χ1) is 41.0. The average molecular weight is 1180 g/mol. The second-order valence-electron chi connectivity index (χ2n) is 25.8. The Bertz CT molecular complexity index is 3530. The molecule has 8 rings (SSSR count). The van der Waals surface area contributed by atoms with Crippen LogP contribution in [0.1, 0.15) is 181 Å². The molecular weight excluding hydrogens is 1100 g/mol. The van der Waals surface area contributed by atoms with Gasteiger partial charge in [0.15, 0.2) is 19.8 Å². The highest BCUT2D eigenvalue weighted by Gasteiger charge is 2.30. The van der Waals surface area contributed by atoms with Gasteiger partial charge in [-0.1, -0.05) is 132 Å². The number of aromatic hydroxyl groups is 1. The summed E-state index contributed by atoms with van der Waals surface area (Å²) in [6.45, 7) is 23.5. The van der Waals surface area contributed by atoms with Gasteiger partial charge in [-0.3, -0.25) is 76.3 Å². The molecule has 1 aliphatic carbocycles. The Hall–Kier alpha value is -9.65. The highest BCUT2D eigenvalue weighted by Crippen LogP contribution is 2.44. The molecule has 0 saturated carbocycles. The zero-order chi connectivity index (χ0) is 63.0. The molecule has 3 aromatic heterocycles. The number of rotatable bonds is 12. The van der Waals surface area contributed by atoms with Gasteiger partial charge < -0.3 is 19.3 Å². The maximum atomic E-state index is 13.9. The molecule has 0 spiro atoms. The van der Waals surface area contributed by atoms with Gasteiger partial charge in [-0.15, -0.1) is 0 Å². The van der Waals surface area contributed by atoms with E-state index in [0.717, 1.165) is 22.3 Å². The summed E-state index contributed by atoms with van der Waals surface area (Å²) in [6.07, 6.45) is 9.28. The van der Waals surface area contributed by atoms with E-state index in [9.17, 15) is 33.9 Å². The molecule has 454 valence electrons. The summed E-state index contributed by atoms with van der Waals surface area (Å²) >= 11 is 0. The number of phenols is 1. The van der Waals surface area contributed by atoms with Crippen LogP contribution in [0.3, 0.4) is 0 Å². The minimum atomic E-state index is -0.668. The molecule has 0 radical (unpaired) electrons. The minimum Gasteiger partial charge on any atom is -0.507 e. The lowest BCUT2D eigenvalue weighted by Crippen LogP contribution is -2.44. The molecule has 19 heteroatoms. The summed E-state index contributed by atoms with van der Waals surface area (Å²) in [4.78, 5) is 92.7. The van der Waals surface area contributed by atoms with Crippen LogP contribution in [0.15, 0.2) is 122 Å². The van der Waals surface area contributed by atoms with E-state index >= 15 is 0 Å². The SMILES string of the molecule is CC(C)(C)c1cc2c(O)c(c1)Cc1cc(C(C)(C)C)cc(c1OCC(=O)NNC(=O)c1ccncc1)Cc1cc(C(C)(C)C)cc(c1OCC(=O)NNC(=O)c1ccncc1)Cc1cc(C(C)(C)C)cc(c1OCC(=O)NNC(=O)c1ccncc1)C2. The van der Waals surface area contributed by atoms with Crippen LogP contribution in [0.25, 0.3) is 0 Å². The number of nitrogens with one attached hydrogen (secondary N) is 6. The number of carbonyl (C=O) groups is 6. The lowest BCUT2D eigenvalue weighted by atomic mass is 9.79. The molecule has 1 aliphatic rings. The summed E-state index contributed by atoms with van der Waals surface area (Å²) in [5.41, 5.74) is 22.5. The van der Waals surface area contributed by atoms with E-state index in [1.165, 1.54) is 73.6 Å². The number of phenolic OH excluding ortho intramolecular Hbond substituents is 1. The number of benzene rings is 4. The Morgan fingerprint density at radius 1 is 0.356 bits per heavy atom. The molecule has 87 heavy (non-hydrogen) atoms. The van der Waals surface area contributed by atoms with E-state index in [-0.39, 0.29) is 48.1 Å². The standard InChI is InChI=1S/C68H77N9O10/c1-65(2,3)51-29-43-25-45-31-52(66(4,5)6)33-47(59(45)85-37-55(78)72-75-62(82)40-13-19-69-20-14-40)27-49-35-54(68(10,11)12)36-50(61(49)87-39-57(80)74-77-64(84)42-17-23-71-24-18-42)28-48-34-53(67(7,8)9)32-46(26-44(30-51)58(43)81)60(48)86-38-56(79)73-76-63(83)41-15-21-70-22-16-41/h13-24,29-36,81H,25-28,37-39H2,1-12H3,(H,72,78)(H,73,79)(H,74,80)(H,75,82)(H,76,83)(H,77,84). The molecular formula is C68H77N9O10. The van der Waals surface area contributed by atoms with Crippen LogP contribution >= 0.6 is 0 Å². The summed E-state index contributed by atoms with van der Waals surface area (Å²) in [5.74, 6) is -2.59. The van der Waals surface area contributed by atoms with E-state index in [1.807, 2.05) is 48.5 Å². The molecule has 4 aromatic carbocycles. The van der Waals surface area contributed by atoms with E-state index in [4.69, 9.17) is 14.2 Å². The van der Waals surface area contributed by atoms with Crippen LogP contribution in [0.2, 0.25) is 0 Å². The van der Waals surface area contributed by atoms with Crippen molar-refractivity contribution in [2.75, 3.05) is 19.8 Å². The third kappa shape index (κ3) is 16.4. The molecule has 0 fully saturated rings. The first-order valence-corrected chi connectivity index (χ1v) is 28.7. The third-order valence-electron chi connectivity index (χ3n) is 14.8. The van der Waals surface area contributed by atoms with E-state index < -0.39 is 76.9 Å². The fraction of sp³-hybridized carbons (Fsp3) is 0.338.